The maximum atomic E-state index is 12.4. The first kappa shape index (κ1) is 13.5. The van der Waals surface area contributed by atoms with E-state index < -0.39 is 24.9 Å². The molecule has 14 heavy (non-hydrogen) atoms. The molecule has 1 unspecified atom stereocenters. The first-order valence-electron chi connectivity index (χ1n) is 3.88. The standard InChI is InChI=1S/C7H10F6O/c1-2-3-14-4-6(9,10)5(8)7(11,12)13/h5H,2-4H2,1H3. The van der Waals surface area contributed by atoms with E-state index in [-0.39, 0.29) is 6.61 Å². The molecule has 0 aromatic carbocycles. The molecule has 1 atom stereocenters. The summed E-state index contributed by atoms with van der Waals surface area (Å²) < 4.78 is 75.8. The molecule has 0 aliphatic heterocycles. The number of hydrogen-bond donors (Lipinski definition) is 0. The third kappa shape index (κ3) is 4.17. The van der Waals surface area contributed by atoms with Gasteiger partial charge in [-0.1, -0.05) is 6.92 Å². The van der Waals surface area contributed by atoms with Gasteiger partial charge in [-0.05, 0) is 6.42 Å². The van der Waals surface area contributed by atoms with E-state index in [0.717, 1.165) is 0 Å². The summed E-state index contributed by atoms with van der Waals surface area (Å²) in [6.07, 6.45) is -9.36. The summed E-state index contributed by atoms with van der Waals surface area (Å²) in [5.74, 6) is -4.52. The molecule has 0 saturated heterocycles. The average Bonchev–Trinajstić information content (AvgIpc) is 2.01. The van der Waals surface area contributed by atoms with E-state index in [9.17, 15) is 26.3 Å². The van der Waals surface area contributed by atoms with Crippen LogP contribution in [0.5, 0.6) is 0 Å². The normalized spacial score (nSPS) is 15.6. The van der Waals surface area contributed by atoms with Crippen molar-refractivity contribution < 1.29 is 31.1 Å². The van der Waals surface area contributed by atoms with Crippen molar-refractivity contribution in [1.82, 2.24) is 0 Å². The van der Waals surface area contributed by atoms with Gasteiger partial charge in [-0.3, -0.25) is 0 Å². The van der Waals surface area contributed by atoms with E-state index in [2.05, 4.69) is 4.74 Å². The molecule has 7 heteroatoms. The molecular formula is C7H10F6O. The lowest BCUT2D eigenvalue weighted by atomic mass is 10.2. The van der Waals surface area contributed by atoms with Crippen molar-refractivity contribution in [2.24, 2.45) is 0 Å². The van der Waals surface area contributed by atoms with E-state index in [1.54, 1.807) is 6.92 Å². The molecule has 0 fully saturated rings. The zero-order valence-corrected chi connectivity index (χ0v) is 7.37. The topological polar surface area (TPSA) is 9.23 Å². The molecule has 0 rings (SSSR count). The fraction of sp³-hybridized carbons (Fsp3) is 1.00. The van der Waals surface area contributed by atoms with Crippen LogP contribution in [0.3, 0.4) is 0 Å². The van der Waals surface area contributed by atoms with Crippen LogP contribution in [0.15, 0.2) is 0 Å². The van der Waals surface area contributed by atoms with Crippen LogP contribution >= 0.6 is 0 Å². The van der Waals surface area contributed by atoms with Crippen molar-refractivity contribution in [2.75, 3.05) is 13.2 Å². The van der Waals surface area contributed by atoms with Gasteiger partial charge in [-0.15, -0.1) is 0 Å². The lowest BCUT2D eigenvalue weighted by Gasteiger charge is -2.22. The molecule has 86 valence electrons. The second-order valence-corrected chi connectivity index (χ2v) is 2.72. The van der Waals surface area contributed by atoms with Crippen LogP contribution in [0.4, 0.5) is 26.3 Å². The molecule has 0 aromatic rings. The Morgan fingerprint density at radius 2 is 1.64 bits per heavy atom. The first-order chi connectivity index (χ1) is 6.22. The number of ether oxygens (including phenoxy) is 1. The monoisotopic (exact) mass is 224 g/mol. The second-order valence-electron chi connectivity index (χ2n) is 2.72. The molecular weight excluding hydrogens is 214 g/mol. The van der Waals surface area contributed by atoms with Crippen LogP contribution < -0.4 is 0 Å². The lowest BCUT2D eigenvalue weighted by molar-refractivity contribution is -0.255. The molecule has 1 nitrogen and oxygen atoms in total. The summed E-state index contributed by atoms with van der Waals surface area (Å²) in [7, 11) is 0. The van der Waals surface area contributed by atoms with Gasteiger partial charge in [0.25, 0.3) is 6.17 Å². The molecule has 0 N–H and O–H groups in total. The summed E-state index contributed by atoms with van der Waals surface area (Å²) in [6.45, 7) is -0.0868. The van der Waals surface area contributed by atoms with Gasteiger partial charge in [-0.2, -0.15) is 13.2 Å². The van der Waals surface area contributed by atoms with Gasteiger partial charge in [0.05, 0.1) is 0 Å². The van der Waals surface area contributed by atoms with Crippen LogP contribution in [-0.4, -0.2) is 31.5 Å². The maximum absolute atomic E-state index is 12.4. The van der Waals surface area contributed by atoms with Gasteiger partial charge in [-0.25, -0.2) is 13.2 Å². The zero-order chi connectivity index (χ0) is 11.4. The highest BCUT2D eigenvalue weighted by Gasteiger charge is 2.56. The van der Waals surface area contributed by atoms with Crippen LogP contribution in [0.2, 0.25) is 0 Å². The Bertz CT molecular complexity index is 166. The van der Waals surface area contributed by atoms with E-state index in [4.69, 9.17) is 0 Å². The van der Waals surface area contributed by atoms with Gasteiger partial charge in [0, 0.05) is 6.61 Å². The minimum absolute atomic E-state index is 0.125. The second kappa shape index (κ2) is 4.86. The zero-order valence-electron chi connectivity index (χ0n) is 7.37. The summed E-state index contributed by atoms with van der Waals surface area (Å²) in [4.78, 5) is 0. The van der Waals surface area contributed by atoms with Crippen molar-refractivity contribution in [2.45, 2.75) is 31.6 Å². The van der Waals surface area contributed by atoms with Gasteiger partial charge >= 0.3 is 12.1 Å². The Kier molecular flexibility index (Phi) is 4.70. The Morgan fingerprint density at radius 3 is 2.00 bits per heavy atom. The number of halogens is 6. The van der Waals surface area contributed by atoms with Crippen molar-refractivity contribution in [3.63, 3.8) is 0 Å². The van der Waals surface area contributed by atoms with Crippen molar-refractivity contribution in [3.8, 4) is 0 Å². The van der Waals surface area contributed by atoms with Gasteiger partial charge in [0.2, 0.25) is 0 Å². The summed E-state index contributed by atoms with van der Waals surface area (Å²) in [6, 6.07) is 0. The quantitative estimate of drug-likeness (QED) is 0.515. The minimum atomic E-state index is -5.56. The van der Waals surface area contributed by atoms with E-state index in [0.29, 0.717) is 6.42 Å². The van der Waals surface area contributed by atoms with E-state index >= 15 is 0 Å². The highest BCUT2D eigenvalue weighted by atomic mass is 19.4. The molecule has 0 aliphatic rings. The van der Waals surface area contributed by atoms with Crippen LogP contribution in [0.1, 0.15) is 13.3 Å². The number of rotatable bonds is 5. The van der Waals surface area contributed by atoms with Crippen LogP contribution in [0.25, 0.3) is 0 Å². The van der Waals surface area contributed by atoms with Gasteiger partial charge in [0.15, 0.2) is 0 Å². The summed E-state index contributed by atoms with van der Waals surface area (Å²) >= 11 is 0. The molecule has 0 aliphatic carbocycles. The molecule has 0 radical (unpaired) electrons. The third-order valence-electron chi connectivity index (χ3n) is 1.30. The fourth-order valence-electron chi connectivity index (χ4n) is 0.665. The molecule has 0 amide bonds. The molecule has 0 spiro atoms. The SMILES string of the molecule is CCCOCC(F)(F)C(F)C(F)(F)F. The first-order valence-corrected chi connectivity index (χ1v) is 3.88. The Labute approximate surface area is 77.0 Å². The molecule has 0 bridgehead atoms. The predicted octanol–water partition coefficient (Wildman–Crippen LogP) is 2.95. The minimum Gasteiger partial charge on any atom is -0.375 e. The highest BCUT2D eigenvalue weighted by Crippen LogP contribution is 2.34. The summed E-state index contributed by atoms with van der Waals surface area (Å²) in [5, 5.41) is 0. The summed E-state index contributed by atoms with van der Waals surface area (Å²) in [5.41, 5.74) is 0. The Balaban J connectivity index is 4.16. The van der Waals surface area contributed by atoms with Crippen molar-refractivity contribution in [3.05, 3.63) is 0 Å². The van der Waals surface area contributed by atoms with E-state index in [1.807, 2.05) is 0 Å². The predicted molar refractivity (Wildman–Crippen MR) is 37.0 cm³/mol. The Hall–Kier alpha value is -0.460. The lowest BCUT2D eigenvalue weighted by Crippen LogP contribution is -2.44. The van der Waals surface area contributed by atoms with Crippen molar-refractivity contribution >= 4 is 0 Å². The Morgan fingerprint density at radius 1 is 1.14 bits per heavy atom. The largest absolute Gasteiger partial charge is 0.425 e. The van der Waals surface area contributed by atoms with Crippen LogP contribution in [0, 0.1) is 0 Å². The number of hydrogen-bond acceptors (Lipinski definition) is 1. The van der Waals surface area contributed by atoms with E-state index in [1.165, 1.54) is 0 Å². The average molecular weight is 224 g/mol. The molecule has 0 heterocycles. The smallest absolute Gasteiger partial charge is 0.375 e. The van der Waals surface area contributed by atoms with Gasteiger partial charge in [0.1, 0.15) is 6.61 Å². The maximum Gasteiger partial charge on any atom is 0.425 e. The van der Waals surface area contributed by atoms with Crippen molar-refractivity contribution in [1.29, 1.82) is 0 Å². The molecule has 0 saturated carbocycles. The van der Waals surface area contributed by atoms with Gasteiger partial charge < -0.3 is 4.74 Å². The third-order valence-corrected chi connectivity index (χ3v) is 1.30. The number of alkyl halides is 6. The molecule has 0 aromatic heterocycles. The highest BCUT2D eigenvalue weighted by molar-refractivity contribution is 4.82. The fourth-order valence-corrected chi connectivity index (χ4v) is 0.665. The van der Waals surface area contributed by atoms with Crippen LogP contribution in [-0.2, 0) is 4.74 Å².